The third-order valence-corrected chi connectivity index (χ3v) is 3.75. The van der Waals surface area contributed by atoms with Gasteiger partial charge in [0.05, 0.1) is 7.11 Å². The second-order valence-corrected chi connectivity index (χ2v) is 6.24. The zero-order chi connectivity index (χ0) is 12.5. The van der Waals surface area contributed by atoms with Gasteiger partial charge in [-0.15, -0.1) is 0 Å². The van der Waals surface area contributed by atoms with E-state index < -0.39 is 0 Å². The second-order valence-electron chi connectivity index (χ2n) is 6.24. The van der Waals surface area contributed by atoms with Crippen LogP contribution in [-0.4, -0.2) is 20.2 Å². The molecule has 0 spiro atoms. The van der Waals surface area contributed by atoms with E-state index in [4.69, 9.17) is 4.74 Å². The summed E-state index contributed by atoms with van der Waals surface area (Å²) in [6, 6.07) is 8.48. The molecule has 0 aromatic heterocycles. The van der Waals surface area contributed by atoms with Crippen molar-refractivity contribution in [2.75, 3.05) is 20.2 Å². The van der Waals surface area contributed by atoms with Crippen LogP contribution in [0.1, 0.15) is 32.8 Å². The number of rotatable bonds is 2. The summed E-state index contributed by atoms with van der Waals surface area (Å²) in [6.45, 7) is 9.15. The Balaban J connectivity index is 2.30. The molecule has 0 aliphatic carbocycles. The average Bonchev–Trinajstić information content (AvgIpc) is 2.27. The van der Waals surface area contributed by atoms with Gasteiger partial charge in [0.1, 0.15) is 5.75 Å². The molecule has 1 N–H and O–H groups in total. The molecule has 1 atom stereocenters. The number of benzene rings is 1. The molecule has 1 unspecified atom stereocenters. The predicted molar refractivity (Wildman–Crippen MR) is 71.6 cm³/mol. The summed E-state index contributed by atoms with van der Waals surface area (Å²) in [7, 11) is 1.73. The van der Waals surface area contributed by atoms with Crippen LogP contribution < -0.4 is 10.1 Å². The fourth-order valence-corrected chi connectivity index (χ4v) is 3.06. The smallest absolute Gasteiger partial charge is 0.119 e. The number of hydrogen-bond donors (Lipinski definition) is 1. The first-order valence-electron chi connectivity index (χ1n) is 6.31. The van der Waals surface area contributed by atoms with E-state index in [9.17, 15) is 0 Å². The molecule has 1 aromatic carbocycles. The molecule has 17 heavy (non-hydrogen) atoms. The van der Waals surface area contributed by atoms with Gasteiger partial charge >= 0.3 is 0 Å². The molecule has 0 radical (unpaired) electrons. The summed E-state index contributed by atoms with van der Waals surface area (Å²) < 4.78 is 5.32. The molecule has 1 aliphatic rings. The first kappa shape index (κ1) is 12.4. The van der Waals surface area contributed by atoms with Crippen molar-refractivity contribution in [3.05, 3.63) is 29.8 Å². The lowest BCUT2D eigenvalue weighted by molar-refractivity contribution is 0.179. The monoisotopic (exact) mass is 233 g/mol. The van der Waals surface area contributed by atoms with Crippen LogP contribution in [0.3, 0.4) is 0 Å². The zero-order valence-corrected chi connectivity index (χ0v) is 11.3. The van der Waals surface area contributed by atoms with E-state index in [-0.39, 0.29) is 5.41 Å². The molecular weight excluding hydrogens is 210 g/mol. The zero-order valence-electron chi connectivity index (χ0n) is 11.3. The molecule has 0 bridgehead atoms. The summed E-state index contributed by atoms with van der Waals surface area (Å²) in [4.78, 5) is 0. The van der Waals surface area contributed by atoms with E-state index >= 15 is 0 Å². The SMILES string of the molecule is COc1cccc(C2(C)CNCC(C)(C)C2)c1. The van der Waals surface area contributed by atoms with E-state index in [0.29, 0.717) is 5.41 Å². The van der Waals surface area contributed by atoms with Crippen LogP contribution in [-0.2, 0) is 5.41 Å². The summed E-state index contributed by atoms with van der Waals surface area (Å²) in [5.74, 6) is 0.951. The van der Waals surface area contributed by atoms with Gasteiger partial charge in [-0.2, -0.15) is 0 Å². The van der Waals surface area contributed by atoms with Crippen molar-refractivity contribution in [3.8, 4) is 5.75 Å². The van der Waals surface area contributed by atoms with E-state index in [1.807, 2.05) is 6.07 Å². The molecular formula is C15H23NO. The Morgan fingerprint density at radius 3 is 2.59 bits per heavy atom. The fraction of sp³-hybridized carbons (Fsp3) is 0.600. The third kappa shape index (κ3) is 2.63. The van der Waals surface area contributed by atoms with Crippen molar-refractivity contribution in [3.63, 3.8) is 0 Å². The fourth-order valence-electron chi connectivity index (χ4n) is 3.06. The molecule has 1 aliphatic heterocycles. The van der Waals surface area contributed by atoms with Crippen LogP contribution in [0.5, 0.6) is 5.75 Å². The van der Waals surface area contributed by atoms with E-state index in [1.54, 1.807) is 7.11 Å². The van der Waals surface area contributed by atoms with Crippen LogP contribution in [0.15, 0.2) is 24.3 Å². The largest absolute Gasteiger partial charge is 0.497 e. The minimum absolute atomic E-state index is 0.205. The van der Waals surface area contributed by atoms with Gasteiger partial charge in [0, 0.05) is 18.5 Å². The Kier molecular flexibility index (Phi) is 3.17. The minimum Gasteiger partial charge on any atom is -0.497 e. The first-order chi connectivity index (χ1) is 7.95. The van der Waals surface area contributed by atoms with Crippen molar-refractivity contribution in [1.82, 2.24) is 5.32 Å². The van der Waals surface area contributed by atoms with Gasteiger partial charge in [-0.25, -0.2) is 0 Å². The number of hydrogen-bond acceptors (Lipinski definition) is 2. The highest BCUT2D eigenvalue weighted by molar-refractivity contribution is 5.34. The normalized spacial score (nSPS) is 27.8. The Labute approximate surface area is 104 Å². The van der Waals surface area contributed by atoms with Gasteiger partial charge in [0.15, 0.2) is 0 Å². The van der Waals surface area contributed by atoms with Gasteiger partial charge in [-0.3, -0.25) is 0 Å². The van der Waals surface area contributed by atoms with Crippen LogP contribution in [0.25, 0.3) is 0 Å². The van der Waals surface area contributed by atoms with Gasteiger partial charge in [-0.05, 0) is 29.5 Å². The molecule has 1 fully saturated rings. The third-order valence-electron chi connectivity index (χ3n) is 3.75. The lowest BCUT2D eigenvalue weighted by Gasteiger charge is -2.43. The van der Waals surface area contributed by atoms with Crippen LogP contribution in [0.2, 0.25) is 0 Å². The average molecular weight is 233 g/mol. The van der Waals surface area contributed by atoms with Crippen molar-refractivity contribution in [2.24, 2.45) is 5.41 Å². The van der Waals surface area contributed by atoms with E-state index in [1.165, 1.54) is 12.0 Å². The maximum atomic E-state index is 5.32. The molecule has 2 heteroatoms. The minimum atomic E-state index is 0.205. The van der Waals surface area contributed by atoms with E-state index in [0.717, 1.165) is 18.8 Å². The molecule has 1 heterocycles. The highest BCUT2D eigenvalue weighted by atomic mass is 16.5. The Morgan fingerprint density at radius 2 is 1.94 bits per heavy atom. The number of methoxy groups -OCH3 is 1. The van der Waals surface area contributed by atoms with Crippen molar-refractivity contribution in [1.29, 1.82) is 0 Å². The van der Waals surface area contributed by atoms with Crippen LogP contribution >= 0.6 is 0 Å². The highest BCUT2D eigenvalue weighted by Gasteiger charge is 2.37. The molecule has 2 rings (SSSR count). The van der Waals surface area contributed by atoms with Gasteiger partial charge in [0.25, 0.3) is 0 Å². The first-order valence-corrected chi connectivity index (χ1v) is 6.31. The van der Waals surface area contributed by atoms with Crippen molar-refractivity contribution < 1.29 is 4.74 Å². The molecule has 1 aromatic rings. The standard InChI is InChI=1S/C15H23NO/c1-14(2)9-15(3,11-16-10-14)12-6-5-7-13(8-12)17-4/h5-8,16H,9-11H2,1-4H3. The number of nitrogens with one attached hydrogen (secondary N) is 1. The maximum absolute atomic E-state index is 5.32. The van der Waals surface area contributed by atoms with Crippen LogP contribution in [0.4, 0.5) is 0 Å². The summed E-state index contributed by atoms with van der Waals surface area (Å²) in [6.07, 6.45) is 1.21. The predicted octanol–water partition coefficient (Wildman–Crippen LogP) is 2.97. The highest BCUT2D eigenvalue weighted by Crippen LogP contribution is 2.39. The second kappa shape index (κ2) is 4.34. The molecule has 0 amide bonds. The lowest BCUT2D eigenvalue weighted by Crippen LogP contribution is -2.49. The summed E-state index contributed by atoms with van der Waals surface area (Å²) in [5.41, 5.74) is 1.93. The number of piperidine rings is 1. The Hall–Kier alpha value is -1.02. The summed E-state index contributed by atoms with van der Waals surface area (Å²) >= 11 is 0. The van der Waals surface area contributed by atoms with Gasteiger partial charge in [-0.1, -0.05) is 32.9 Å². The summed E-state index contributed by atoms with van der Waals surface area (Å²) in [5, 5.41) is 3.56. The van der Waals surface area contributed by atoms with Gasteiger partial charge < -0.3 is 10.1 Å². The quantitative estimate of drug-likeness (QED) is 0.848. The topological polar surface area (TPSA) is 21.3 Å². The number of ether oxygens (including phenoxy) is 1. The Bertz CT molecular complexity index is 400. The molecule has 0 saturated carbocycles. The molecule has 1 saturated heterocycles. The molecule has 94 valence electrons. The van der Waals surface area contributed by atoms with Crippen molar-refractivity contribution >= 4 is 0 Å². The van der Waals surface area contributed by atoms with E-state index in [2.05, 4.69) is 44.3 Å². The Morgan fingerprint density at radius 1 is 1.18 bits per heavy atom. The lowest BCUT2D eigenvalue weighted by atomic mass is 9.67. The van der Waals surface area contributed by atoms with Crippen LogP contribution in [0, 0.1) is 5.41 Å². The molecule has 2 nitrogen and oxygen atoms in total. The maximum Gasteiger partial charge on any atom is 0.119 e. The van der Waals surface area contributed by atoms with Crippen molar-refractivity contribution in [2.45, 2.75) is 32.6 Å². The van der Waals surface area contributed by atoms with Gasteiger partial charge in [0.2, 0.25) is 0 Å².